The van der Waals surface area contributed by atoms with Crippen molar-refractivity contribution >= 4 is 5.97 Å². The summed E-state index contributed by atoms with van der Waals surface area (Å²) in [7, 11) is 1.84. The molecule has 96 valence electrons. The van der Waals surface area contributed by atoms with Gasteiger partial charge >= 0.3 is 5.97 Å². The number of hydrogen-bond acceptors (Lipinski definition) is 5. The molecule has 0 spiro atoms. The van der Waals surface area contributed by atoms with Gasteiger partial charge in [-0.05, 0) is 6.92 Å². The smallest absolute Gasteiger partial charge is 0.309 e. The number of nitrogens with zero attached hydrogens (tertiary/aromatic N) is 3. The Balaban J connectivity index is 2.13. The van der Waals surface area contributed by atoms with Gasteiger partial charge in [-0.25, -0.2) is 4.98 Å². The van der Waals surface area contributed by atoms with Gasteiger partial charge in [-0.3, -0.25) is 9.48 Å². The Labute approximate surface area is 101 Å². The summed E-state index contributed by atoms with van der Waals surface area (Å²) >= 11 is 0. The lowest BCUT2D eigenvalue weighted by atomic mass is 10.2. The minimum Gasteiger partial charge on any atom is -0.466 e. The lowest BCUT2D eigenvalue weighted by Gasteiger charge is -2.10. The SMILES string of the molecule is CCOC(=O)C(C)CNCCc1ncn(C)n1. The van der Waals surface area contributed by atoms with E-state index in [9.17, 15) is 4.79 Å². The van der Waals surface area contributed by atoms with Crippen LogP contribution >= 0.6 is 0 Å². The highest BCUT2D eigenvalue weighted by Gasteiger charge is 2.12. The van der Waals surface area contributed by atoms with Gasteiger partial charge in [0.25, 0.3) is 0 Å². The standard InChI is InChI=1S/C11H20N4O2/c1-4-17-11(16)9(2)7-12-6-5-10-13-8-15(3)14-10/h8-9,12H,4-7H2,1-3H3. The molecule has 1 unspecified atom stereocenters. The molecule has 0 bridgehead atoms. The third-order valence-electron chi connectivity index (χ3n) is 2.31. The zero-order valence-electron chi connectivity index (χ0n) is 10.6. The maximum Gasteiger partial charge on any atom is 0.309 e. The van der Waals surface area contributed by atoms with Crippen LogP contribution in [-0.2, 0) is 23.0 Å². The van der Waals surface area contributed by atoms with E-state index < -0.39 is 0 Å². The Morgan fingerprint density at radius 3 is 3.00 bits per heavy atom. The van der Waals surface area contributed by atoms with Gasteiger partial charge in [0.1, 0.15) is 6.33 Å². The van der Waals surface area contributed by atoms with Gasteiger partial charge in [0.2, 0.25) is 0 Å². The number of esters is 1. The average Bonchev–Trinajstić information content (AvgIpc) is 2.70. The first-order chi connectivity index (χ1) is 8.13. The van der Waals surface area contributed by atoms with Crippen LogP contribution in [0.2, 0.25) is 0 Å². The van der Waals surface area contributed by atoms with Gasteiger partial charge in [0.15, 0.2) is 5.82 Å². The second-order valence-electron chi connectivity index (χ2n) is 3.94. The molecule has 0 saturated carbocycles. The summed E-state index contributed by atoms with van der Waals surface area (Å²) in [6.45, 7) is 5.47. The summed E-state index contributed by atoms with van der Waals surface area (Å²) in [6.07, 6.45) is 2.44. The molecule has 6 nitrogen and oxygen atoms in total. The average molecular weight is 240 g/mol. The van der Waals surface area contributed by atoms with Crippen LogP contribution in [0.15, 0.2) is 6.33 Å². The lowest BCUT2D eigenvalue weighted by Crippen LogP contribution is -2.29. The summed E-state index contributed by atoms with van der Waals surface area (Å²) in [5.41, 5.74) is 0. The highest BCUT2D eigenvalue weighted by molar-refractivity contribution is 5.72. The van der Waals surface area contributed by atoms with E-state index in [0.29, 0.717) is 13.2 Å². The fraction of sp³-hybridized carbons (Fsp3) is 0.727. The molecular weight excluding hydrogens is 220 g/mol. The van der Waals surface area contributed by atoms with Gasteiger partial charge in [0.05, 0.1) is 12.5 Å². The van der Waals surface area contributed by atoms with Gasteiger partial charge in [-0.2, -0.15) is 5.10 Å². The van der Waals surface area contributed by atoms with Crippen LogP contribution in [0, 0.1) is 5.92 Å². The highest BCUT2D eigenvalue weighted by atomic mass is 16.5. The predicted molar refractivity (Wildman–Crippen MR) is 63.4 cm³/mol. The largest absolute Gasteiger partial charge is 0.466 e. The molecule has 1 heterocycles. The molecule has 1 atom stereocenters. The minimum atomic E-state index is -0.157. The Hall–Kier alpha value is -1.43. The molecular formula is C11H20N4O2. The molecule has 0 aromatic carbocycles. The van der Waals surface area contributed by atoms with E-state index in [2.05, 4.69) is 15.4 Å². The third-order valence-corrected chi connectivity index (χ3v) is 2.31. The second kappa shape index (κ2) is 7.01. The first-order valence-electron chi connectivity index (χ1n) is 5.85. The second-order valence-corrected chi connectivity index (χ2v) is 3.94. The van der Waals surface area contributed by atoms with Crippen molar-refractivity contribution in [3.05, 3.63) is 12.2 Å². The van der Waals surface area contributed by atoms with E-state index >= 15 is 0 Å². The number of rotatable bonds is 7. The lowest BCUT2D eigenvalue weighted by molar-refractivity contribution is -0.147. The Kier molecular flexibility index (Phi) is 5.62. The molecule has 17 heavy (non-hydrogen) atoms. The van der Waals surface area contributed by atoms with Crippen LogP contribution in [0.25, 0.3) is 0 Å². The Morgan fingerprint density at radius 2 is 2.41 bits per heavy atom. The monoisotopic (exact) mass is 240 g/mol. The summed E-state index contributed by atoms with van der Waals surface area (Å²) in [4.78, 5) is 15.4. The molecule has 1 rings (SSSR count). The minimum absolute atomic E-state index is 0.119. The van der Waals surface area contributed by atoms with Gasteiger partial charge < -0.3 is 10.1 Å². The summed E-state index contributed by atoms with van der Waals surface area (Å²) in [5, 5.41) is 7.36. The first-order valence-corrected chi connectivity index (χ1v) is 5.85. The van der Waals surface area contributed by atoms with Crippen LogP contribution in [-0.4, -0.2) is 40.4 Å². The number of carbonyl (C=O) groups is 1. The van der Waals surface area contributed by atoms with Crippen LogP contribution < -0.4 is 5.32 Å². The summed E-state index contributed by atoms with van der Waals surface area (Å²) < 4.78 is 6.59. The van der Waals surface area contributed by atoms with Crippen molar-refractivity contribution < 1.29 is 9.53 Å². The van der Waals surface area contributed by atoms with Crippen LogP contribution in [0.5, 0.6) is 0 Å². The number of aryl methyl sites for hydroxylation is 1. The maximum absolute atomic E-state index is 11.3. The molecule has 0 radical (unpaired) electrons. The number of aromatic nitrogens is 3. The quantitative estimate of drug-likeness (QED) is 0.542. The fourth-order valence-electron chi connectivity index (χ4n) is 1.39. The topological polar surface area (TPSA) is 69.0 Å². The van der Waals surface area contributed by atoms with Gasteiger partial charge in [0, 0.05) is 26.6 Å². The van der Waals surface area contributed by atoms with Crippen LogP contribution in [0.1, 0.15) is 19.7 Å². The van der Waals surface area contributed by atoms with Crippen LogP contribution in [0.4, 0.5) is 0 Å². The van der Waals surface area contributed by atoms with Gasteiger partial charge in [-0.1, -0.05) is 6.92 Å². The molecule has 0 aliphatic heterocycles. The Morgan fingerprint density at radius 1 is 1.65 bits per heavy atom. The van der Waals surface area contributed by atoms with E-state index in [4.69, 9.17) is 4.74 Å². The summed E-state index contributed by atoms with van der Waals surface area (Å²) in [6, 6.07) is 0. The number of carbonyl (C=O) groups excluding carboxylic acids is 1. The van der Waals surface area contributed by atoms with E-state index in [1.807, 2.05) is 20.9 Å². The fourth-order valence-corrected chi connectivity index (χ4v) is 1.39. The number of hydrogen-bond donors (Lipinski definition) is 1. The van der Waals surface area contributed by atoms with E-state index in [1.165, 1.54) is 0 Å². The van der Waals surface area contributed by atoms with Crippen molar-refractivity contribution in [1.29, 1.82) is 0 Å². The molecule has 6 heteroatoms. The maximum atomic E-state index is 11.3. The predicted octanol–water partition coefficient (Wildman–Crippen LogP) is 0.146. The van der Waals surface area contributed by atoms with E-state index in [0.717, 1.165) is 18.8 Å². The Bertz CT molecular complexity index is 351. The number of nitrogens with one attached hydrogen (secondary N) is 1. The van der Waals surface area contributed by atoms with Crippen molar-refractivity contribution in [2.24, 2.45) is 13.0 Å². The molecule has 0 saturated heterocycles. The first kappa shape index (κ1) is 13.6. The zero-order valence-corrected chi connectivity index (χ0v) is 10.6. The normalized spacial score (nSPS) is 12.4. The summed E-state index contributed by atoms with van der Waals surface area (Å²) in [5.74, 6) is 0.534. The molecule has 0 aliphatic rings. The van der Waals surface area contributed by atoms with Crippen molar-refractivity contribution in [3.8, 4) is 0 Å². The van der Waals surface area contributed by atoms with E-state index in [1.54, 1.807) is 11.0 Å². The molecule has 1 aromatic heterocycles. The molecule has 1 aromatic rings. The molecule has 0 fully saturated rings. The van der Waals surface area contributed by atoms with Crippen molar-refractivity contribution in [2.45, 2.75) is 20.3 Å². The van der Waals surface area contributed by atoms with Crippen molar-refractivity contribution in [3.63, 3.8) is 0 Å². The molecule has 0 amide bonds. The zero-order chi connectivity index (χ0) is 12.7. The van der Waals surface area contributed by atoms with Crippen molar-refractivity contribution in [2.75, 3.05) is 19.7 Å². The van der Waals surface area contributed by atoms with Crippen molar-refractivity contribution in [1.82, 2.24) is 20.1 Å². The van der Waals surface area contributed by atoms with Crippen LogP contribution in [0.3, 0.4) is 0 Å². The molecule has 1 N–H and O–H groups in total. The van der Waals surface area contributed by atoms with Gasteiger partial charge in [-0.15, -0.1) is 0 Å². The third kappa shape index (κ3) is 4.95. The number of ether oxygens (including phenoxy) is 1. The highest BCUT2D eigenvalue weighted by Crippen LogP contribution is 1.96. The van der Waals surface area contributed by atoms with E-state index in [-0.39, 0.29) is 11.9 Å². The molecule has 0 aliphatic carbocycles.